The maximum atomic E-state index is 13.4. The second-order valence-electron chi connectivity index (χ2n) is 9.35. The Morgan fingerprint density at radius 2 is 1.61 bits per heavy atom. The maximum Gasteiger partial charge on any atom is 0.300 e. The first-order valence-corrected chi connectivity index (χ1v) is 12.3. The summed E-state index contributed by atoms with van der Waals surface area (Å²) < 4.78 is 5.95. The molecule has 0 aliphatic carbocycles. The molecule has 1 aliphatic rings. The van der Waals surface area contributed by atoms with Crippen LogP contribution in [0.4, 0.5) is 5.69 Å². The molecule has 1 amide bonds. The highest BCUT2D eigenvalue weighted by Gasteiger charge is 2.47. The van der Waals surface area contributed by atoms with Gasteiger partial charge >= 0.3 is 0 Å². The molecule has 2 N–H and O–H groups in total. The SMILES string of the molecule is Cc1ccc(N2C(=O)C(=O)/C(=C(\O)c3ccc(OCc4ccccc4)c(C)c3)C2c2cccc(O)c2)cc1. The highest BCUT2D eigenvalue weighted by molar-refractivity contribution is 6.51. The average Bonchev–Trinajstić information content (AvgIpc) is 3.18. The third-order valence-electron chi connectivity index (χ3n) is 6.63. The Morgan fingerprint density at radius 3 is 2.29 bits per heavy atom. The monoisotopic (exact) mass is 505 g/mol. The maximum absolute atomic E-state index is 13.4. The van der Waals surface area contributed by atoms with Gasteiger partial charge in [0.1, 0.15) is 23.9 Å². The molecule has 190 valence electrons. The van der Waals surface area contributed by atoms with Crippen LogP contribution in [0.5, 0.6) is 11.5 Å². The smallest absolute Gasteiger partial charge is 0.300 e. The third-order valence-corrected chi connectivity index (χ3v) is 6.63. The quantitative estimate of drug-likeness (QED) is 0.185. The van der Waals surface area contributed by atoms with E-state index in [9.17, 15) is 19.8 Å². The fourth-order valence-corrected chi connectivity index (χ4v) is 4.66. The Balaban J connectivity index is 1.56. The number of aliphatic hydroxyl groups excluding tert-OH is 1. The fraction of sp³-hybridized carbons (Fsp3) is 0.125. The van der Waals surface area contributed by atoms with Crippen molar-refractivity contribution < 1.29 is 24.5 Å². The van der Waals surface area contributed by atoms with Gasteiger partial charge in [-0.3, -0.25) is 14.5 Å². The van der Waals surface area contributed by atoms with Crippen LogP contribution in [-0.4, -0.2) is 21.9 Å². The summed E-state index contributed by atoms with van der Waals surface area (Å²) in [7, 11) is 0. The number of carbonyl (C=O) groups is 2. The third kappa shape index (κ3) is 4.76. The van der Waals surface area contributed by atoms with Crippen LogP contribution in [-0.2, 0) is 16.2 Å². The van der Waals surface area contributed by atoms with Crippen LogP contribution in [0.1, 0.15) is 33.9 Å². The zero-order valence-electron chi connectivity index (χ0n) is 21.1. The average molecular weight is 506 g/mol. The van der Waals surface area contributed by atoms with Crippen molar-refractivity contribution in [3.8, 4) is 11.5 Å². The molecule has 6 heteroatoms. The minimum atomic E-state index is -0.917. The van der Waals surface area contributed by atoms with E-state index in [1.165, 1.54) is 17.0 Å². The standard InChI is InChI=1S/C32H27NO5/c1-20-11-14-25(15-12-20)33-29(23-9-6-10-26(34)18-23)28(31(36)32(33)37)30(35)24-13-16-27(21(2)17-24)38-19-22-7-4-3-5-8-22/h3-18,29,34-35H,19H2,1-2H3/b30-28-. The molecule has 4 aromatic rings. The molecule has 0 aromatic heterocycles. The topological polar surface area (TPSA) is 87.1 Å². The van der Waals surface area contributed by atoms with Crippen molar-refractivity contribution >= 4 is 23.1 Å². The van der Waals surface area contributed by atoms with Gasteiger partial charge in [0.15, 0.2) is 0 Å². The second-order valence-corrected chi connectivity index (χ2v) is 9.35. The number of Topliss-reactive ketones (excluding diaryl/α,β-unsaturated/α-hetero) is 1. The molecular weight excluding hydrogens is 478 g/mol. The van der Waals surface area contributed by atoms with Gasteiger partial charge in [0.25, 0.3) is 11.7 Å². The molecule has 6 nitrogen and oxygen atoms in total. The Kier molecular flexibility index (Phi) is 6.71. The number of hydrogen-bond donors (Lipinski definition) is 2. The van der Waals surface area contributed by atoms with Gasteiger partial charge in [-0.05, 0) is 73.0 Å². The molecule has 1 heterocycles. The summed E-state index contributed by atoms with van der Waals surface area (Å²) in [5.41, 5.74) is 4.18. The minimum absolute atomic E-state index is 0.00671. The van der Waals surface area contributed by atoms with E-state index in [2.05, 4.69) is 0 Å². The van der Waals surface area contributed by atoms with E-state index in [1.54, 1.807) is 42.5 Å². The van der Waals surface area contributed by atoms with Crippen molar-refractivity contribution in [2.24, 2.45) is 0 Å². The minimum Gasteiger partial charge on any atom is -0.508 e. The fourth-order valence-electron chi connectivity index (χ4n) is 4.66. The summed E-state index contributed by atoms with van der Waals surface area (Å²) >= 11 is 0. The number of anilines is 1. The van der Waals surface area contributed by atoms with E-state index in [0.717, 1.165) is 16.7 Å². The molecule has 1 atom stereocenters. The number of rotatable bonds is 6. The van der Waals surface area contributed by atoms with E-state index < -0.39 is 17.7 Å². The highest BCUT2D eigenvalue weighted by atomic mass is 16.5. The molecule has 0 bridgehead atoms. The Bertz CT molecular complexity index is 1540. The zero-order chi connectivity index (χ0) is 26.8. The van der Waals surface area contributed by atoms with Gasteiger partial charge in [0, 0.05) is 11.3 Å². The van der Waals surface area contributed by atoms with Gasteiger partial charge in [-0.15, -0.1) is 0 Å². The number of aliphatic hydroxyl groups is 1. The number of hydrogen-bond acceptors (Lipinski definition) is 5. The van der Waals surface area contributed by atoms with Crippen LogP contribution >= 0.6 is 0 Å². The first-order valence-electron chi connectivity index (χ1n) is 12.3. The van der Waals surface area contributed by atoms with E-state index in [4.69, 9.17) is 4.74 Å². The van der Waals surface area contributed by atoms with Gasteiger partial charge in [-0.2, -0.15) is 0 Å². The van der Waals surface area contributed by atoms with Crippen molar-refractivity contribution in [2.45, 2.75) is 26.5 Å². The first-order chi connectivity index (χ1) is 18.3. The summed E-state index contributed by atoms with van der Waals surface area (Å²) in [6.45, 7) is 4.18. The number of aromatic hydroxyl groups is 1. The molecule has 0 radical (unpaired) electrons. The molecule has 5 rings (SSSR count). The number of nitrogens with zero attached hydrogens (tertiary/aromatic N) is 1. The molecule has 4 aromatic carbocycles. The Hall–Kier alpha value is -4.84. The van der Waals surface area contributed by atoms with Crippen molar-refractivity contribution in [3.05, 3.63) is 130 Å². The van der Waals surface area contributed by atoms with Crippen LogP contribution in [0.15, 0.2) is 103 Å². The molecule has 38 heavy (non-hydrogen) atoms. The van der Waals surface area contributed by atoms with Gasteiger partial charge in [0.05, 0.1) is 11.6 Å². The molecular formula is C32H27NO5. The summed E-state index contributed by atoms with van der Waals surface area (Å²) in [6, 6.07) is 27.6. The summed E-state index contributed by atoms with van der Waals surface area (Å²) in [4.78, 5) is 28.0. The van der Waals surface area contributed by atoms with E-state index >= 15 is 0 Å². The van der Waals surface area contributed by atoms with E-state index in [1.807, 2.05) is 56.3 Å². The lowest BCUT2D eigenvalue weighted by atomic mass is 9.94. The van der Waals surface area contributed by atoms with Crippen molar-refractivity contribution in [2.75, 3.05) is 4.90 Å². The Morgan fingerprint density at radius 1 is 0.868 bits per heavy atom. The summed E-state index contributed by atoms with van der Waals surface area (Å²) in [5, 5.41) is 21.6. The Labute approximate surface area is 221 Å². The summed E-state index contributed by atoms with van der Waals surface area (Å²) in [5.74, 6) is -1.19. The second kappa shape index (κ2) is 10.3. The van der Waals surface area contributed by atoms with Crippen molar-refractivity contribution in [1.29, 1.82) is 0 Å². The van der Waals surface area contributed by atoms with Crippen LogP contribution in [0.2, 0.25) is 0 Å². The van der Waals surface area contributed by atoms with Crippen molar-refractivity contribution in [1.82, 2.24) is 0 Å². The number of ketones is 1. The number of carbonyl (C=O) groups excluding carboxylic acids is 2. The lowest BCUT2D eigenvalue weighted by Gasteiger charge is -2.25. The number of ether oxygens (including phenoxy) is 1. The van der Waals surface area contributed by atoms with Crippen LogP contribution in [0, 0.1) is 13.8 Å². The van der Waals surface area contributed by atoms with E-state index in [0.29, 0.717) is 29.2 Å². The number of amides is 1. The number of benzene rings is 4. The lowest BCUT2D eigenvalue weighted by molar-refractivity contribution is -0.132. The zero-order valence-corrected chi connectivity index (χ0v) is 21.1. The predicted octanol–water partition coefficient (Wildman–Crippen LogP) is 6.21. The van der Waals surface area contributed by atoms with Gasteiger partial charge < -0.3 is 14.9 Å². The van der Waals surface area contributed by atoms with Crippen molar-refractivity contribution in [3.63, 3.8) is 0 Å². The molecule has 1 fully saturated rings. The molecule has 1 unspecified atom stereocenters. The van der Waals surface area contributed by atoms with Crippen LogP contribution in [0.25, 0.3) is 5.76 Å². The normalized spacial score (nSPS) is 16.6. The molecule has 1 aliphatic heterocycles. The largest absolute Gasteiger partial charge is 0.508 e. The first kappa shape index (κ1) is 24.8. The summed E-state index contributed by atoms with van der Waals surface area (Å²) in [6.07, 6.45) is 0. The number of phenols is 1. The van der Waals surface area contributed by atoms with Gasteiger partial charge in [-0.25, -0.2) is 0 Å². The highest BCUT2D eigenvalue weighted by Crippen LogP contribution is 2.43. The number of aryl methyl sites for hydroxylation is 2. The van der Waals surface area contributed by atoms with Crippen LogP contribution in [0.3, 0.4) is 0 Å². The molecule has 0 saturated carbocycles. The molecule has 1 saturated heterocycles. The number of phenolic OH excluding ortho intramolecular Hbond substituents is 1. The van der Waals surface area contributed by atoms with Crippen LogP contribution < -0.4 is 9.64 Å². The lowest BCUT2D eigenvalue weighted by Crippen LogP contribution is -2.29. The van der Waals surface area contributed by atoms with Gasteiger partial charge in [0.2, 0.25) is 0 Å². The molecule has 0 spiro atoms. The predicted molar refractivity (Wildman–Crippen MR) is 146 cm³/mol. The van der Waals surface area contributed by atoms with E-state index in [-0.39, 0.29) is 17.1 Å². The van der Waals surface area contributed by atoms with Gasteiger partial charge in [-0.1, -0.05) is 60.2 Å².